The van der Waals surface area contributed by atoms with Crippen molar-refractivity contribution in [3.8, 4) is 0 Å². The van der Waals surface area contributed by atoms with E-state index in [0.717, 1.165) is 17.1 Å². The molecule has 0 bridgehead atoms. The summed E-state index contributed by atoms with van der Waals surface area (Å²) in [6.45, 7) is 4.21. The second kappa shape index (κ2) is 7.92. The van der Waals surface area contributed by atoms with Gasteiger partial charge in [0.25, 0.3) is 0 Å². The summed E-state index contributed by atoms with van der Waals surface area (Å²) in [6, 6.07) is 5.56. The Morgan fingerprint density at radius 2 is 2.08 bits per heavy atom. The molecule has 1 unspecified atom stereocenters. The highest BCUT2D eigenvalue weighted by atomic mass is 32.2. The molecule has 10 heteroatoms. The van der Waals surface area contributed by atoms with E-state index in [1.54, 1.807) is 12.3 Å². The fourth-order valence-electron chi connectivity index (χ4n) is 2.44. The normalized spacial score (nSPS) is 12.3. The Bertz CT molecular complexity index is 889. The maximum absolute atomic E-state index is 11.1. The van der Waals surface area contributed by atoms with Gasteiger partial charge in [-0.3, -0.25) is 9.36 Å². The molecule has 0 radical (unpaired) electrons. The zero-order chi connectivity index (χ0) is 18.7. The van der Waals surface area contributed by atoms with E-state index in [-0.39, 0.29) is 5.75 Å². The molecule has 1 atom stereocenters. The van der Waals surface area contributed by atoms with Crippen molar-refractivity contribution in [3.05, 3.63) is 53.3 Å². The zero-order valence-electron chi connectivity index (χ0n) is 14.3. The monoisotopic (exact) mass is 390 g/mol. The molecule has 3 rings (SSSR count). The molecule has 0 aliphatic carbocycles. The Hall–Kier alpha value is -2.33. The lowest BCUT2D eigenvalue weighted by Crippen LogP contribution is -2.15. The minimum atomic E-state index is -0.473. The largest absolute Gasteiger partial charge is 0.467 e. The highest BCUT2D eigenvalue weighted by molar-refractivity contribution is 7.99. The molecule has 8 nitrogen and oxygen atoms in total. The molecular weight excluding hydrogens is 372 g/mol. The third-order valence-corrected chi connectivity index (χ3v) is 4.92. The quantitative estimate of drug-likeness (QED) is 0.468. The van der Waals surface area contributed by atoms with Crippen LogP contribution in [0.3, 0.4) is 0 Å². The number of primary amides is 1. The Balaban J connectivity index is 1.97. The molecule has 0 aliphatic rings. The van der Waals surface area contributed by atoms with E-state index in [1.165, 1.54) is 11.8 Å². The number of carbonyl (C=O) groups is 1. The first-order valence-electron chi connectivity index (χ1n) is 7.81. The number of carbonyl (C=O) groups excluding carboxylic acids is 1. The van der Waals surface area contributed by atoms with Gasteiger partial charge in [-0.15, -0.1) is 10.2 Å². The molecule has 3 aromatic heterocycles. The van der Waals surface area contributed by atoms with Crippen LogP contribution in [0.5, 0.6) is 0 Å². The summed E-state index contributed by atoms with van der Waals surface area (Å²) in [5.74, 6) is 1.53. The molecule has 2 N–H and O–H groups in total. The summed E-state index contributed by atoms with van der Waals surface area (Å²) in [6.07, 6.45) is 1.60. The lowest BCUT2D eigenvalue weighted by atomic mass is 10.3. The number of furan rings is 1. The topological polar surface area (TPSA) is 113 Å². The van der Waals surface area contributed by atoms with Crippen molar-refractivity contribution in [2.24, 2.45) is 5.73 Å². The summed E-state index contributed by atoms with van der Waals surface area (Å²) < 4.78 is 7.27. The average Bonchev–Trinajstić information content (AvgIpc) is 3.22. The summed E-state index contributed by atoms with van der Waals surface area (Å²) in [7, 11) is 0. The van der Waals surface area contributed by atoms with Crippen LogP contribution in [-0.2, 0) is 11.3 Å². The van der Waals surface area contributed by atoms with Crippen molar-refractivity contribution in [2.45, 2.75) is 30.8 Å². The number of thiol groups is 1. The standard InChI is InChI=1S/C16H18N6O2S2/c1-9-6-10(2)19-14(18-9)13(25)15-20-21-16(26-8-12(17)23)22(15)7-11-4-3-5-24-11/h3-6,13,25H,7-8H2,1-2H3,(H2,17,23). The van der Waals surface area contributed by atoms with Crippen LogP contribution in [0, 0.1) is 13.8 Å². The van der Waals surface area contributed by atoms with E-state index < -0.39 is 11.2 Å². The molecule has 26 heavy (non-hydrogen) atoms. The number of rotatable bonds is 7. The van der Waals surface area contributed by atoms with E-state index in [2.05, 4.69) is 32.8 Å². The van der Waals surface area contributed by atoms with Gasteiger partial charge in [-0.05, 0) is 32.0 Å². The zero-order valence-corrected chi connectivity index (χ0v) is 16.0. The number of hydrogen-bond acceptors (Lipinski definition) is 8. The highest BCUT2D eigenvalue weighted by Gasteiger charge is 2.23. The van der Waals surface area contributed by atoms with Crippen LogP contribution in [-0.4, -0.2) is 36.4 Å². The molecule has 3 aromatic rings. The number of hydrogen-bond donors (Lipinski definition) is 2. The van der Waals surface area contributed by atoms with Crippen molar-refractivity contribution < 1.29 is 9.21 Å². The third-order valence-electron chi connectivity index (χ3n) is 3.47. The Morgan fingerprint density at radius 1 is 1.35 bits per heavy atom. The Labute approximate surface area is 160 Å². The molecule has 0 saturated heterocycles. The van der Waals surface area contributed by atoms with Crippen molar-refractivity contribution >= 4 is 30.3 Å². The highest BCUT2D eigenvalue weighted by Crippen LogP contribution is 2.28. The fraction of sp³-hybridized carbons (Fsp3) is 0.312. The van der Waals surface area contributed by atoms with E-state index in [0.29, 0.717) is 23.4 Å². The molecule has 0 aliphatic heterocycles. The number of nitrogens with two attached hydrogens (primary N) is 1. The van der Waals surface area contributed by atoms with E-state index in [9.17, 15) is 4.79 Å². The average molecular weight is 390 g/mol. The van der Waals surface area contributed by atoms with Gasteiger partial charge in [0.05, 0.1) is 18.6 Å². The number of aryl methyl sites for hydroxylation is 2. The predicted octanol–water partition coefficient (Wildman–Crippen LogP) is 1.92. The minimum Gasteiger partial charge on any atom is -0.467 e. The Kier molecular flexibility index (Phi) is 5.62. The van der Waals surface area contributed by atoms with Crippen molar-refractivity contribution in [3.63, 3.8) is 0 Å². The summed E-state index contributed by atoms with van der Waals surface area (Å²) in [5, 5.41) is 8.52. The van der Waals surface area contributed by atoms with Gasteiger partial charge in [0.1, 0.15) is 16.8 Å². The van der Waals surface area contributed by atoms with Crippen LogP contribution < -0.4 is 5.73 Å². The lowest BCUT2D eigenvalue weighted by Gasteiger charge is -2.13. The van der Waals surface area contributed by atoms with Crippen molar-refractivity contribution in [1.82, 2.24) is 24.7 Å². The van der Waals surface area contributed by atoms with Crippen LogP contribution in [0.4, 0.5) is 0 Å². The van der Waals surface area contributed by atoms with Crippen molar-refractivity contribution in [2.75, 3.05) is 5.75 Å². The predicted molar refractivity (Wildman–Crippen MR) is 100 cm³/mol. The molecule has 0 aromatic carbocycles. The van der Waals surface area contributed by atoms with Crippen LogP contribution in [0.25, 0.3) is 0 Å². The number of nitrogens with zero attached hydrogens (tertiary/aromatic N) is 5. The second-order valence-corrected chi connectivity index (χ2v) is 7.13. The van der Waals surface area contributed by atoms with Crippen LogP contribution in [0.15, 0.2) is 34.0 Å². The van der Waals surface area contributed by atoms with Crippen molar-refractivity contribution in [1.29, 1.82) is 0 Å². The first-order chi connectivity index (χ1) is 12.4. The molecule has 1 amide bonds. The Morgan fingerprint density at radius 3 is 2.69 bits per heavy atom. The summed E-state index contributed by atoms with van der Waals surface area (Å²) >= 11 is 5.88. The fourth-order valence-corrected chi connectivity index (χ4v) is 3.43. The number of amides is 1. The van der Waals surface area contributed by atoms with Gasteiger partial charge in [0.15, 0.2) is 11.0 Å². The first kappa shape index (κ1) is 18.5. The molecule has 136 valence electrons. The molecule has 0 spiro atoms. The smallest absolute Gasteiger partial charge is 0.227 e. The van der Waals surface area contributed by atoms with Gasteiger partial charge >= 0.3 is 0 Å². The van der Waals surface area contributed by atoms with E-state index in [4.69, 9.17) is 10.2 Å². The number of aromatic nitrogens is 5. The molecule has 0 saturated carbocycles. The van der Waals surface area contributed by atoms with Crippen LogP contribution in [0.1, 0.15) is 34.0 Å². The lowest BCUT2D eigenvalue weighted by molar-refractivity contribution is -0.115. The maximum Gasteiger partial charge on any atom is 0.227 e. The molecule has 0 fully saturated rings. The molecular formula is C16H18N6O2S2. The van der Waals surface area contributed by atoms with Gasteiger partial charge in [-0.1, -0.05) is 11.8 Å². The van der Waals surface area contributed by atoms with Crippen LogP contribution in [0.2, 0.25) is 0 Å². The number of thioether (sulfide) groups is 1. The SMILES string of the molecule is Cc1cc(C)nc(C(S)c2nnc(SCC(N)=O)n2Cc2ccco2)n1. The van der Waals surface area contributed by atoms with Gasteiger partial charge < -0.3 is 10.2 Å². The first-order valence-corrected chi connectivity index (χ1v) is 9.31. The van der Waals surface area contributed by atoms with Crippen LogP contribution >= 0.6 is 24.4 Å². The third kappa shape index (κ3) is 4.25. The van der Waals surface area contributed by atoms with E-state index in [1.807, 2.05) is 30.5 Å². The minimum absolute atomic E-state index is 0.105. The van der Waals surface area contributed by atoms with Gasteiger partial charge in [-0.2, -0.15) is 12.6 Å². The summed E-state index contributed by atoms with van der Waals surface area (Å²) in [5.41, 5.74) is 6.95. The summed E-state index contributed by atoms with van der Waals surface area (Å²) in [4.78, 5) is 20.0. The van der Waals surface area contributed by atoms with Gasteiger partial charge in [0.2, 0.25) is 5.91 Å². The second-order valence-electron chi connectivity index (χ2n) is 5.67. The maximum atomic E-state index is 11.1. The van der Waals surface area contributed by atoms with E-state index >= 15 is 0 Å². The molecule has 3 heterocycles. The van der Waals surface area contributed by atoms with Gasteiger partial charge in [0, 0.05) is 11.4 Å². The van der Waals surface area contributed by atoms with Gasteiger partial charge in [-0.25, -0.2) is 9.97 Å².